The molecule has 3 rings (SSSR count). The zero-order valence-corrected chi connectivity index (χ0v) is 11.2. The molecule has 0 amide bonds. The molecule has 102 valence electrons. The minimum absolute atomic E-state index is 0.00649. The number of phenols is 1. The zero-order valence-electron chi connectivity index (χ0n) is 11.2. The third-order valence-electron chi connectivity index (χ3n) is 3.18. The summed E-state index contributed by atoms with van der Waals surface area (Å²) in [5.41, 5.74) is 2.55. The topological polar surface area (TPSA) is 67.4 Å². The van der Waals surface area contributed by atoms with E-state index in [0.29, 0.717) is 11.5 Å². The SMILES string of the molecule is COc1cc(-c2cc3cccnc3[nH]2)cc(OC)c1O. The van der Waals surface area contributed by atoms with Crippen LogP contribution in [0.25, 0.3) is 22.3 Å². The lowest BCUT2D eigenvalue weighted by Crippen LogP contribution is -1.90. The van der Waals surface area contributed by atoms with Gasteiger partial charge in [-0.2, -0.15) is 0 Å². The number of hydrogen-bond donors (Lipinski definition) is 2. The molecule has 0 saturated heterocycles. The number of methoxy groups -OCH3 is 2. The van der Waals surface area contributed by atoms with E-state index in [0.717, 1.165) is 22.3 Å². The molecule has 0 aliphatic heterocycles. The van der Waals surface area contributed by atoms with Crippen LogP contribution in [-0.2, 0) is 0 Å². The van der Waals surface area contributed by atoms with Crippen molar-refractivity contribution in [3.05, 3.63) is 36.5 Å². The van der Waals surface area contributed by atoms with Crippen LogP contribution in [0.3, 0.4) is 0 Å². The number of aromatic hydroxyl groups is 1. The number of rotatable bonds is 3. The molecule has 0 radical (unpaired) electrons. The molecule has 0 aliphatic carbocycles. The predicted octanol–water partition coefficient (Wildman–Crippen LogP) is 2.95. The average Bonchev–Trinajstić information content (AvgIpc) is 2.91. The molecular formula is C15H14N2O3. The van der Waals surface area contributed by atoms with Crippen molar-refractivity contribution in [3.63, 3.8) is 0 Å². The Hall–Kier alpha value is -2.69. The first kappa shape index (κ1) is 12.3. The largest absolute Gasteiger partial charge is 0.502 e. The average molecular weight is 270 g/mol. The first-order valence-corrected chi connectivity index (χ1v) is 6.12. The van der Waals surface area contributed by atoms with E-state index < -0.39 is 0 Å². The Kier molecular flexibility index (Phi) is 2.95. The molecule has 0 fully saturated rings. The Balaban J connectivity index is 2.18. The van der Waals surface area contributed by atoms with Crippen LogP contribution >= 0.6 is 0 Å². The van der Waals surface area contributed by atoms with Gasteiger partial charge in [0.25, 0.3) is 0 Å². The second-order valence-corrected chi connectivity index (χ2v) is 4.35. The van der Waals surface area contributed by atoms with Gasteiger partial charge < -0.3 is 19.6 Å². The molecule has 5 nitrogen and oxygen atoms in total. The van der Waals surface area contributed by atoms with Crippen LogP contribution in [0.5, 0.6) is 17.2 Å². The normalized spacial score (nSPS) is 10.7. The lowest BCUT2D eigenvalue weighted by molar-refractivity contribution is 0.340. The summed E-state index contributed by atoms with van der Waals surface area (Å²) >= 11 is 0. The van der Waals surface area contributed by atoms with Crippen LogP contribution < -0.4 is 9.47 Å². The summed E-state index contributed by atoms with van der Waals surface area (Å²) < 4.78 is 10.3. The van der Waals surface area contributed by atoms with Gasteiger partial charge in [-0.15, -0.1) is 0 Å². The summed E-state index contributed by atoms with van der Waals surface area (Å²) in [6, 6.07) is 9.37. The second-order valence-electron chi connectivity index (χ2n) is 4.35. The molecule has 0 saturated carbocycles. The Morgan fingerprint density at radius 2 is 1.80 bits per heavy atom. The van der Waals surface area contributed by atoms with E-state index in [2.05, 4.69) is 9.97 Å². The van der Waals surface area contributed by atoms with Gasteiger partial charge in [-0.25, -0.2) is 4.98 Å². The third-order valence-corrected chi connectivity index (χ3v) is 3.18. The van der Waals surface area contributed by atoms with Gasteiger partial charge in [0.15, 0.2) is 11.5 Å². The van der Waals surface area contributed by atoms with Gasteiger partial charge >= 0.3 is 0 Å². The molecule has 2 aromatic heterocycles. The minimum Gasteiger partial charge on any atom is -0.502 e. The zero-order chi connectivity index (χ0) is 14.1. The molecule has 1 aromatic carbocycles. The molecule has 0 spiro atoms. The maximum Gasteiger partial charge on any atom is 0.200 e. The number of aromatic nitrogens is 2. The Labute approximate surface area is 115 Å². The van der Waals surface area contributed by atoms with Crippen LogP contribution in [-0.4, -0.2) is 29.3 Å². The first-order valence-electron chi connectivity index (χ1n) is 6.12. The molecule has 2 heterocycles. The van der Waals surface area contributed by atoms with E-state index >= 15 is 0 Å². The lowest BCUT2D eigenvalue weighted by Gasteiger charge is -2.10. The van der Waals surface area contributed by atoms with Gasteiger partial charge in [0.1, 0.15) is 5.65 Å². The maximum absolute atomic E-state index is 9.93. The lowest BCUT2D eigenvalue weighted by atomic mass is 10.1. The van der Waals surface area contributed by atoms with Crippen LogP contribution in [0.15, 0.2) is 36.5 Å². The van der Waals surface area contributed by atoms with Gasteiger partial charge in [-0.3, -0.25) is 0 Å². The summed E-state index contributed by atoms with van der Waals surface area (Å²) in [5, 5.41) is 10.9. The number of fused-ring (bicyclic) bond motifs is 1. The van der Waals surface area contributed by atoms with Crippen molar-refractivity contribution in [1.82, 2.24) is 9.97 Å². The van der Waals surface area contributed by atoms with Crippen LogP contribution in [0.2, 0.25) is 0 Å². The van der Waals surface area contributed by atoms with Crippen molar-refractivity contribution < 1.29 is 14.6 Å². The number of nitrogens with zero attached hydrogens (tertiary/aromatic N) is 1. The molecule has 0 bridgehead atoms. The van der Waals surface area contributed by atoms with Gasteiger partial charge in [-0.05, 0) is 30.3 Å². The van der Waals surface area contributed by atoms with Gasteiger partial charge in [0, 0.05) is 22.8 Å². The van der Waals surface area contributed by atoms with Crippen molar-refractivity contribution in [2.24, 2.45) is 0 Å². The number of aromatic amines is 1. The highest BCUT2D eigenvalue weighted by Gasteiger charge is 2.13. The number of benzene rings is 1. The molecular weight excluding hydrogens is 256 g/mol. The van der Waals surface area contributed by atoms with E-state index in [1.807, 2.05) is 18.2 Å². The smallest absolute Gasteiger partial charge is 0.200 e. The van der Waals surface area contributed by atoms with Crippen LogP contribution in [0, 0.1) is 0 Å². The molecule has 0 atom stereocenters. The summed E-state index contributed by atoms with van der Waals surface area (Å²) in [7, 11) is 3.01. The molecule has 3 aromatic rings. The Morgan fingerprint density at radius 1 is 1.10 bits per heavy atom. The maximum atomic E-state index is 9.93. The first-order chi connectivity index (χ1) is 9.72. The predicted molar refractivity (Wildman–Crippen MR) is 76.3 cm³/mol. The van der Waals surface area contributed by atoms with Crippen molar-refractivity contribution in [1.29, 1.82) is 0 Å². The van der Waals surface area contributed by atoms with E-state index in [-0.39, 0.29) is 5.75 Å². The molecule has 0 unspecified atom stereocenters. The van der Waals surface area contributed by atoms with Crippen LogP contribution in [0.1, 0.15) is 0 Å². The Bertz CT molecular complexity index is 707. The van der Waals surface area contributed by atoms with Crippen molar-refractivity contribution in [2.45, 2.75) is 0 Å². The number of hydrogen-bond acceptors (Lipinski definition) is 4. The van der Waals surface area contributed by atoms with E-state index in [4.69, 9.17) is 9.47 Å². The molecule has 0 aliphatic rings. The summed E-state index contributed by atoms with van der Waals surface area (Å²) in [6.07, 6.45) is 1.74. The Morgan fingerprint density at radius 3 is 2.40 bits per heavy atom. The highest BCUT2D eigenvalue weighted by atomic mass is 16.5. The highest BCUT2D eigenvalue weighted by Crippen LogP contribution is 2.40. The quantitative estimate of drug-likeness (QED) is 0.767. The second kappa shape index (κ2) is 4.77. The van der Waals surface area contributed by atoms with E-state index in [9.17, 15) is 5.11 Å². The van der Waals surface area contributed by atoms with Crippen molar-refractivity contribution >= 4 is 11.0 Å². The molecule has 20 heavy (non-hydrogen) atoms. The monoisotopic (exact) mass is 270 g/mol. The van der Waals surface area contributed by atoms with Crippen molar-refractivity contribution in [2.75, 3.05) is 14.2 Å². The van der Waals surface area contributed by atoms with Gasteiger partial charge in [0.2, 0.25) is 5.75 Å². The summed E-state index contributed by atoms with van der Waals surface area (Å²) in [5.74, 6) is 0.727. The number of nitrogens with one attached hydrogen (secondary N) is 1. The fourth-order valence-electron chi connectivity index (χ4n) is 2.16. The van der Waals surface area contributed by atoms with Crippen molar-refractivity contribution in [3.8, 4) is 28.5 Å². The van der Waals surface area contributed by atoms with E-state index in [1.54, 1.807) is 18.3 Å². The highest BCUT2D eigenvalue weighted by molar-refractivity contribution is 5.83. The van der Waals surface area contributed by atoms with E-state index in [1.165, 1.54) is 14.2 Å². The summed E-state index contributed by atoms with van der Waals surface area (Å²) in [4.78, 5) is 7.49. The van der Waals surface area contributed by atoms with Gasteiger partial charge in [0.05, 0.1) is 14.2 Å². The number of ether oxygens (including phenoxy) is 2. The molecule has 2 N–H and O–H groups in total. The standard InChI is InChI=1S/C15H14N2O3/c1-19-12-7-10(8-13(20-2)14(12)18)11-6-9-4-3-5-16-15(9)17-11/h3-8,18H,1-2H3,(H,16,17). The number of H-pyrrole nitrogens is 1. The molecule has 5 heteroatoms. The van der Waals surface area contributed by atoms with Gasteiger partial charge in [-0.1, -0.05) is 0 Å². The van der Waals surface area contributed by atoms with Crippen LogP contribution in [0.4, 0.5) is 0 Å². The third kappa shape index (κ3) is 1.93. The minimum atomic E-state index is -0.00649. The summed E-state index contributed by atoms with van der Waals surface area (Å²) in [6.45, 7) is 0. The number of pyridine rings is 1. The fraction of sp³-hybridized carbons (Fsp3) is 0.133. The fourth-order valence-corrected chi connectivity index (χ4v) is 2.16. The number of phenolic OH excluding ortho intramolecular Hbond substituents is 1.